The predicted molar refractivity (Wildman–Crippen MR) is 153 cm³/mol. The van der Waals surface area contributed by atoms with Gasteiger partial charge < -0.3 is 20.5 Å². The third-order valence-electron chi connectivity index (χ3n) is 8.42. The topological polar surface area (TPSA) is 112 Å². The molecule has 15 heteroatoms. The maximum Gasteiger partial charge on any atom is 0.417 e. The summed E-state index contributed by atoms with van der Waals surface area (Å²) in [7, 11) is 1.46. The monoisotopic (exact) mass is 636 g/mol. The van der Waals surface area contributed by atoms with Gasteiger partial charge in [-0.2, -0.15) is 28.4 Å². The number of ether oxygens (including phenoxy) is 1. The van der Waals surface area contributed by atoms with Gasteiger partial charge in [-0.3, -0.25) is 4.90 Å². The Hall–Kier alpha value is -3.87. The Balaban J connectivity index is 1.59. The number of nitrogens with zero attached hydrogens (tertiary/aromatic N) is 5. The molecule has 2 atom stereocenters. The van der Waals surface area contributed by atoms with E-state index in [1.807, 2.05) is 4.90 Å². The molecule has 0 bridgehead atoms. The number of benzene rings is 2. The van der Waals surface area contributed by atoms with Crippen molar-refractivity contribution in [2.45, 2.75) is 37.1 Å². The number of hydrogen-bond acceptors (Lipinski definition) is 9. The Bertz CT molecular complexity index is 1820. The number of alkyl halides is 4. The molecule has 0 saturated carbocycles. The van der Waals surface area contributed by atoms with Gasteiger partial charge in [-0.05, 0) is 37.1 Å². The van der Waals surface area contributed by atoms with Crippen LogP contribution in [0.25, 0.3) is 32.1 Å². The number of aliphatic hydroxyl groups is 1. The SMILES string of the molecule is CN(CCO)c1nc(OC[C@@]23CCCN2C[C@H](F)C3)nc2c(F)c(-c3ccc(F)c4sc(N)c(C#N)c34)c(C(F)(F)F)cc12. The van der Waals surface area contributed by atoms with Crippen molar-refractivity contribution in [1.82, 2.24) is 14.9 Å². The number of fused-ring (bicyclic) bond motifs is 3. The van der Waals surface area contributed by atoms with Crippen LogP contribution in [0.3, 0.4) is 0 Å². The number of nitriles is 1. The molecule has 2 aromatic carbocycles. The van der Waals surface area contributed by atoms with Gasteiger partial charge in [0, 0.05) is 42.9 Å². The molecule has 6 rings (SSSR count). The molecule has 2 aromatic heterocycles. The molecule has 0 radical (unpaired) electrons. The largest absolute Gasteiger partial charge is 0.461 e. The van der Waals surface area contributed by atoms with Crippen molar-refractivity contribution < 1.29 is 36.2 Å². The van der Waals surface area contributed by atoms with Crippen LogP contribution in [-0.2, 0) is 6.18 Å². The van der Waals surface area contributed by atoms with E-state index in [9.17, 15) is 32.3 Å². The number of aromatic nitrogens is 2. The van der Waals surface area contributed by atoms with Crippen LogP contribution in [0, 0.1) is 23.0 Å². The van der Waals surface area contributed by atoms with Gasteiger partial charge in [0.15, 0.2) is 5.82 Å². The summed E-state index contributed by atoms with van der Waals surface area (Å²) in [6, 6.07) is 4.01. The molecule has 2 aliphatic rings. The number of rotatable bonds is 7. The molecule has 4 aromatic rings. The van der Waals surface area contributed by atoms with Crippen LogP contribution in [0.2, 0.25) is 0 Å². The lowest BCUT2D eigenvalue weighted by molar-refractivity contribution is -0.137. The van der Waals surface area contributed by atoms with E-state index in [0.29, 0.717) is 30.4 Å². The smallest absolute Gasteiger partial charge is 0.417 e. The average Bonchev–Trinajstić information content (AvgIpc) is 3.61. The zero-order chi connectivity index (χ0) is 31.6. The third kappa shape index (κ3) is 4.85. The number of aliphatic hydroxyl groups excluding tert-OH is 1. The number of nitrogen functional groups attached to an aromatic ring is 1. The van der Waals surface area contributed by atoms with Gasteiger partial charge in [0.1, 0.15) is 41.0 Å². The summed E-state index contributed by atoms with van der Waals surface area (Å²) in [6.07, 6.45) is -4.41. The lowest BCUT2D eigenvalue weighted by Crippen LogP contribution is -2.43. The Morgan fingerprint density at radius 1 is 1.30 bits per heavy atom. The van der Waals surface area contributed by atoms with Gasteiger partial charge in [0.2, 0.25) is 0 Å². The summed E-state index contributed by atoms with van der Waals surface area (Å²) in [5, 5.41) is 18.6. The van der Waals surface area contributed by atoms with E-state index in [-0.39, 0.29) is 76.2 Å². The summed E-state index contributed by atoms with van der Waals surface area (Å²) in [6.45, 7) is 0.486. The van der Waals surface area contributed by atoms with E-state index in [2.05, 4.69) is 9.97 Å². The fraction of sp³-hybridized carbons (Fsp3) is 0.414. The minimum Gasteiger partial charge on any atom is -0.461 e. The van der Waals surface area contributed by atoms with Crippen molar-refractivity contribution in [2.75, 3.05) is 50.5 Å². The molecule has 0 spiro atoms. The van der Waals surface area contributed by atoms with E-state index in [1.54, 1.807) is 6.07 Å². The zero-order valence-corrected chi connectivity index (χ0v) is 24.1. The van der Waals surface area contributed by atoms with Crippen molar-refractivity contribution in [2.24, 2.45) is 0 Å². The fourth-order valence-corrected chi connectivity index (χ4v) is 7.39. The highest BCUT2D eigenvalue weighted by molar-refractivity contribution is 7.23. The van der Waals surface area contributed by atoms with E-state index in [0.717, 1.165) is 18.6 Å². The molecule has 0 aliphatic carbocycles. The summed E-state index contributed by atoms with van der Waals surface area (Å²) in [4.78, 5) is 11.8. The third-order valence-corrected chi connectivity index (χ3v) is 9.45. The second kappa shape index (κ2) is 10.9. The minimum absolute atomic E-state index is 0.0184. The van der Waals surface area contributed by atoms with Gasteiger partial charge in [0.05, 0.1) is 28.0 Å². The summed E-state index contributed by atoms with van der Waals surface area (Å²) in [5.41, 5.74) is 1.76. The van der Waals surface area contributed by atoms with Crippen molar-refractivity contribution in [3.63, 3.8) is 0 Å². The summed E-state index contributed by atoms with van der Waals surface area (Å²) < 4.78 is 95.3. The predicted octanol–water partition coefficient (Wildman–Crippen LogP) is 5.65. The van der Waals surface area contributed by atoms with Crippen molar-refractivity contribution in [3.8, 4) is 23.2 Å². The first kappa shape index (κ1) is 30.2. The van der Waals surface area contributed by atoms with Crippen LogP contribution in [0.4, 0.5) is 37.2 Å². The Morgan fingerprint density at radius 3 is 2.77 bits per heavy atom. The van der Waals surface area contributed by atoms with Gasteiger partial charge >= 0.3 is 12.2 Å². The van der Waals surface area contributed by atoms with Crippen LogP contribution in [-0.4, -0.2) is 71.6 Å². The fourth-order valence-electron chi connectivity index (χ4n) is 6.45. The van der Waals surface area contributed by atoms with Crippen LogP contribution in [0.15, 0.2) is 18.2 Å². The minimum atomic E-state index is -5.10. The standard InChI is InChI=1S/C29H26F6N6O2S/c1-40(7-8-42)26-16-9-18(29(33,34)35)21(15-3-4-19(31)24-20(15)17(11-36)25(37)44-24)22(32)23(16)38-27(39-26)43-13-28-5-2-6-41(28)12-14(30)10-28/h3-4,9,14,42H,2,5-8,10,12-13,37H2,1H3/t14-,28+/m1/s1. The van der Waals surface area contributed by atoms with Crippen molar-refractivity contribution in [3.05, 3.63) is 41.0 Å². The number of likely N-dealkylation sites (N-methyl/N-ethyl adjacent to an activating group) is 1. The average molecular weight is 637 g/mol. The lowest BCUT2D eigenvalue weighted by atomic mass is 9.92. The van der Waals surface area contributed by atoms with Gasteiger partial charge in [0.25, 0.3) is 0 Å². The Kier molecular flexibility index (Phi) is 7.50. The first-order valence-electron chi connectivity index (χ1n) is 13.7. The number of halogens is 6. The highest BCUT2D eigenvalue weighted by Gasteiger charge is 2.49. The first-order valence-corrected chi connectivity index (χ1v) is 14.6. The summed E-state index contributed by atoms with van der Waals surface area (Å²) in [5.74, 6) is -2.36. The normalized spacial score (nSPS) is 20.4. The van der Waals surface area contributed by atoms with Gasteiger partial charge in [-0.25, -0.2) is 13.2 Å². The lowest BCUT2D eigenvalue weighted by Gasteiger charge is -2.31. The Labute approximate surface area is 251 Å². The van der Waals surface area contributed by atoms with Gasteiger partial charge in [-0.15, -0.1) is 11.3 Å². The number of anilines is 2. The second-order valence-corrected chi connectivity index (χ2v) is 12.2. The zero-order valence-electron chi connectivity index (χ0n) is 23.3. The maximum atomic E-state index is 16.7. The van der Waals surface area contributed by atoms with Crippen molar-refractivity contribution >= 4 is 43.1 Å². The molecular weight excluding hydrogens is 610 g/mol. The van der Waals surface area contributed by atoms with Crippen LogP contribution < -0.4 is 15.4 Å². The number of hydrogen-bond donors (Lipinski definition) is 2. The molecule has 0 unspecified atom stereocenters. The highest BCUT2D eigenvalue weighted by Crippen LogP contribution is 2.48. The Morgan fingerprint density at radius 2 is 2.07 bits per heavy atom. The second-order valence-electron chi connectivity index (χ2n) is 11.1. The number of thiophene rings is 1. The van der Waals surface area contributed by atoms with E-state index < -0.39 is 46.2 Å². The molecule has 0 amide bonds. The molecule has 8 nitrogen and oxygen atoms in total. The molecule has 232 valence electrons. The molecule has 4 heterocycles. The molecule has 2 saturated heterocycles. The number of nitrogens with two attached hydrogens (primary N) is 1. The quantitative estimate of drug-likeness (QED) is 0.251. The van der Waals surface area contributed by atoms with Crippen LogP contribution >= 0.6 is 11.3 Å². The van der Waals surface area contributed by atoms with E-state index in [4.69, 9.17) is 10.5 Å². The van der Waals surface area contributed by atoms with Crippen molar-refractivity contribution in [1.29, 1.82) is 5.26 Å². The first-order chi connectivity index (χ1) is 20.9. The molecule has 2 fully saturated rings. The molecule has 2 aliphatic heterocycles. The van der Waals surface area contributed by atoms with E-state index in [1.165, 1.54) is 11.9 Å². The molecule has 44 heavy (non-hydrogen) atoms. The van der Waals surface area contributed by atoms with E-state index >= 15 is 4.39 Å². The maximum absolute atomic E-state index is 16.7. The van der Waals surface area contributed by atoms with Gasteiger partial charge in [-0.1, -0.05) is 6.07 Å². The highest BCUT2D eigenvalue weighted by atomic mass is 32.1. The molecular formula is C29H26F6N6O2S. The summed E-state index contributed by atoms with van der Waals surface area (Å²) >= 11 is 0.672. The molecule has 3 N–H and O–H groups in total. The van der Waals surface area contributed by atoms with Crippen LogP contribution in [0.1, 0.15) is 30.4 Å². The van der Waals surface area contributed by atoms with Crippen LogP contribution in [0.5, 0.6) is 6.01 Å².